The van der Waals surface area contributed by atoms with Gasteiger partial charge in [0.2, 0.25) is 0 Å². The summed E-state index contributed by atoms with van der Waals surface area (Å²) >= 11 is 0. The summed E-state index contributed by atoms with van der Waals surface area (Å²) in [7, 11) is -9.90. The second-order valence-corrected chi connectivity index (χ2v) is 28.9. The van der Waals surface area contributed by atoms with Crippen molar-refractivity contribution in [3.05, 3.63) is 0 Å². The maximum Gasteiger partial charge on any atom is 0.472 e. The Morgan fingerprint density at radius 3 is 0.816 bits per heavy atom. The number of hydrogen-bond donors (Lipinski definition) is 3. The molecule has 0 saturated carbocycles. The third kappa shape index (κ3) is 60.1. The van der Waals surface area contributed by atoms with Gasteiger partial charge in [-0.25, -0.2) is 9.13 Å². The Balaban J connectivity index is 5.21. The van der Waals surface area contributed by atoms with Gasteiger partial charge in [-0.2, -0.15) is 0 Å². The number of esters is 4. The Kier molecular flexibility index (Phi) is 56.6. The van der Waals surface area contributed by atoms with Crippen molar-refractivity contribution in [1.82, 2.24) is 0 Å². The van der Waals surface area contributed by atoms with E-state index in [0.717, 1.165) is 115 Å². The monoisotopic (exact) mass is 1280 g/mol. The first-order chi connectivity index (χ1) is 41.7. The average Bonchev–Trinajstić information content (AvgIpc) is 3.60. The second kappa shape index (κ2) is 57.9. The number of unbranched alkanes of at least 4 members (excludes halogenated alkanes) is 29. The molecule has 0 saturated heterocycles. The Morgan fingerprint density at radius 2 is 0.552 bits per heavy atom. The van der Waals surface area contributed by atoms with Gasteiger partial charge in [-0.3, -0.25) is 37.3 Å². The predicted molar refractivity (Wildman–Crippen MR) is 349 cm³/mol. The lowest BCUT2D eigenvalue weighted by Gasteiger charge is -2.21. The van der Waals surface area contributed by atoms with Crippen LogP contribution in [0.4, 0.5) is 0 Å². The summed E-state index contributed by atoms with van der Waals surface area (Å²) in [5.74, 6) is 0.814. The fourth-order valence-electron chi connectivity index (χ4n) is 10.1. The van der Waals surface area contributed by atoms with Crippen LogP contribution in [0.25, 0.3) is 0 Å². The third-order valence-electron chi connectivity index (χ3n) is 16.3. The second-order valence-electron chi connectivity index (χ2n) is 26.0. The fraction of sp³-hybridized carbons (Fsp3) is 0.941. The molecular formula is C68H132O17P2. The molecular weight excluding hydrogens is 1150 g/mol. The van der Waals surface area contributed by atoms with Crippen LogP contribution in [0.15, 0.2) is 0 Å². The van der Waals surface area contributed by atoms with Crippen molar-refractivity contribution < 1.29 is 80.2 Å². The van der Waals surface area contributed by atoms with E-state index >= 15 is 0 Å². The maximum absolute atomic E-state index is 13.0. The summed E-state index contributed by atoms with van der Waals surface area (Å²) in [6, 6.07) is 0. The highest BCUT2D eigenvalue weighted by Gasteiger charge is 2.30. The number of carbonyl (C=O) groups excluding carboxylic acids is 4. The normalized spacial score (nSPS) is 15.0. The zero-order valence-electron chi connectivity index (χ0n) is 56.6. The van der Waals surface area contributed by atoms with Gasteiger partial charge < -0.3 is 33.8 Å². The summed E-state index contributed by atoms with van der Waals surface area (Å²) < 4.78 is 68.1. The first-order valence-electron chi connectivity index (χ1n) is 35.3. The molecule has 0 bridgehead atoms. The predicted octanol–water partition coefficient (Wildman–Crippen LogP) is 18.9. The molecule has 0 heterocycles. The lowest BCUT2D eigenvalue weighted by atomic mass is 9.99. The highest BCUT2D eigenvalue weighted by molar-refractivity contribution is 7.47. The fourth-order valence-corrected chi connectivity index (χ4v) is 11.7. The summed E-state index contributed by atoms with van der Waals surface area (Å²) in [4.78, 5) is 72.3. The molecule has 0 aromatic carbocycles. The largest absolute Gasteiger partial charge is 0.472 e. The number of carbonyl (C=O) groups is 4. The van der Waals surface area contributed by atoms with Crippen LogP contribution in [-0.2, 0) is 65.4 Å². The molecule has 0 aliphatic heterocycles. The first kappa shape index (κ1) is 85.1. The van der Waals surface area contributed by atoms with Crippen LogP contribution in [-0.4, -0.2) is 96.7 Å². The van der Waals surface area contributed by atoms with Gasteiger partial charge in [-0.1, -0.05) is 280 Å². The molecule has 0 aromatic heterocycles. The van der Waals surface area contributed by atoms with Gasteiger partial charge >= 0.3 is 39.5 Å². The molecule has 87 heavy (non-hydrogen) atoms. The van der Waals surface area contributed by atoms with E-state index in [4.69, 9.17) is 37.0 Å². The third-order valence-corrected chi connectivity index (χ3v) is 18.2. The van der Waals surface area contributed by atoms with E-state index in [1.165, 1.54) is 122 Å². The molecule has 17 nitrogen and oxygen atoms in total. The Labute approximate surface area is 530 Å². The van der Waals surface area contributed by atoms with Crippen LogP contribution in [0.1, 0.15) is 331 Å². The molecule has 0 aliphatic rings. The van der Waals surface area contributed by atoms with E-state index in [0.29, 0.717) is 37.5 Å². The van der Waals surface area contributed by atoms with Crippen molar-refractivity contribution in [1.29, 1.82) is 0 Å². The smallest absolute Gasteiger partial charge is 0.462 e. The Bertz CT molecular complexity index is 1730. The average molecular weight is 1280 g/mol. The van der Waals surface area contributed by atoms with Crippen molar-refractivity contribution in [2.45, 2.75) is 350 Å². The lowest BCUT2D eigenvalue weighted by molar-refractivity contribution is -0.161. The van der Waals surface area contributed by atoms with Gasteiger partial charge in [0.05, 0.1) is 26.4 Å². The minimum absolute atomic E-state index is 0.102. The van der Waals surface area contributed by atoms with Gasteiger partial charge in [0.25, 0.3) is 0 Å². The highest BCUT2D eigenvalue weighted by Crippen LogP contribution is 2.45. The first-order valence-corrected chi connectivity index (χ1v) is 38.3. The van der Waals surface area contributed by atoms with Gasteiger partial charge in [0.15, 0.2) is 12.2 Å². The molecule has 0 rings (SSSR count). The van der Waals surface area contributed by atoms with E-state index in [9.17, 15) is 43.2 Å². The van der Waals surface area contributed by atoms with Crippen LogP contribution < -0.4 is 0 Å². The minimum Gasteiger partial charge on any atom is -0.462 e. The molecule has 0 aromatic rings. The zero-order valence-corrected chi connectivity index (χ0v) is 58.4. The van der Waals surface area contributed by atoms with E-state index in [1.54, 1.807) is 0 Å². The number of phosphoric ester groups is 2. The molecule has 0 aliphatic carbocycles. The maximum atomic E-state index is 13.0. The minimum atomic E-state index is -4.95. The molecule has 19 heteroatoms. The van der Waals surface area contributed by atoms with Gasteiger partial charge in [0.1, 0.15) is 19.3 Å². The standard InChI is InChI=1S/C68H132O17P2/c1-9-60(7)46-38-30-21-17-15-13-11-12-14-16-18-22-34-42-50-67(72)84-63(55-79-66(71)49-41-33-27-25-31-39-47-61(8)10-2)56-82-86(74,75)80-52-62(69)53-81-87(76,77)83-57-64(54-78-65(70)48-40-32-26-24-29-37-45-59(5)6)85-68(73)51-43-35-23-19-20-28-36-44-58(3)4/h58-64,69H,9-57H2,1-8H3,(H,74,75)(H,76,77)/t60?,61?,62-,63+,64+/m0/s1. The van der Waals surface area contributed by atoms with E-state index in [1.807, 2.05) is 0 Å². The number of aliphatic hydroxyl groups excluding tert-OH is 1. The molecule has 7 atom stereocenters. The van der Waals surface area contributed by atoms with Crippen LogP contribution in [0.2, 0.25) is 0 Å². The van der Waals surface area contributed by atoms with Crippen molar-refractivity contribution >= 4 is 39.5 Å². The lowest BCUT2D eigenvalue weighted by Crippen LogP contribution is -2.30. The van der Waals surface area contributed by atoms with Crippen LogP contribution in [0.3, 0.4) is 0 Å². The van der Waals surface area contributed by atoms with E-state index < -0.39 is 97.5 Å². The molecule has 3 N–H and O–H groups in total. The Hall–Kier alpha value is -1.94. The molecule has 0 amide bonds. The van der Waals surface area contributed by atoms with Crippen molar-refractivity contribution in [2.24, 2.45) is 23.7 Å². The van der Waals surface area contributed by atoms with E-state index in [-0.39, 0.29) is 25.7 Å². The topological polar surface area (TPSA) is 237 Å². The van der Waals surface area contributed by atoms with Crippen molar-refractivity contribution in [3.8, 4) is 0 Å². The van der Waals surface area contributed by atoms with Crippen molar-refractivity contribution in [3.63, 3.8) is 0 Å². The van der Waals surface area contributed by atoms with Crippen molar-refractivity contribution in [2.75, 3.05) is 39.6 Å². The summed E-state index contributed by atoms with van der Waals surface area (Å²) in [6.07, 6.45) is 39.2. The van der Waals surface area contributed by atoms with Gasteiger partial charge in [-0.15, -0.1) is 0 Å². The number of rotatable bonds is 65. The summed E-state index contributed by atoms with van der Waals surface area (Å²) in [5, 5.41) is 10.6. The van der Waals surface area contributed by atoms with Crippen LogP contribution in [0.5, 0.6) is 0 Å². The number of aliphatic hydroxyl groups is 1. The quantitative estimate of drug-likeness (QED) is 0.0222. The highest BCUT2D eigenvalue weighted by atomic mass is 31.2. The zero-order chi connectivity index (χ0) is 64.7. The number of phosphoric acid groups is 2. The number of hydrogen-bond acceptors (Lipinski definition) is 15. The van der Waals surface area contributed by atoms with Gasteiger partial charge in [0, 0.05) is 25.7 Å². The van der Waals surface area contributed by atoms with Crippen LogP contribution in [0, 0.1) is 23.7 Å². The van der Waals surface area contributed by atoms with E-state index in [2.05, 4.69) is 55.4 Å². The molecule has 0 fully saturated rings. The molecule has 0 radical (unpaired) electrons. The summed E-state index contributed by atoms with van der Waals surface area (Å²) in [5.41, 5.74) is 0. The summed E-state index contributed by atoms with van der Waals surface area (Å²) in [6.45, 7) is 14.0. The van der Waals surface area contributed by atoms with Crippen LogP contribution >= 0.6 is 15.6 Å². The number of ether oxygens (including phenoxy) is 4. The SMILES string of the molecule is CCC(C)CCCCCCCCCCCCCCCCC(=O)O[C@H](COC(=O)CCCCCCCCC(C)CC)COP(=O)(O)OC[C@H](O)COP(=O)(O)OC[C@@H](COC(=O)CCCCCCCCC(C)C)OC(=O)CCCCCCCCCC(C)C. The molecule has 516 valence electrons. The Morgan fingerprint density at radius 1 is 0.322 bits per heavy atom. The molecule has 4 unspecified atom stereocenters. The van der Waals surface area contributed by atoms with Gasteiger partial charge in [-0.05, 0) is 49.4 Å². The molecule has 0 spiro atoms.